The molecule has 0 aromatic heterocycles. The minimum atomic E-state index is 0.256. The van der Waals surface area contributed by atoms with E-state index in [0.29, 0.717) is 0 Å². The standard InChI is InChI=1S/C13H14O/c1-3-7-12(8-4-1)9-5-2-6-10-13-11-14-13/h1,3-4,7-8,13H,2,5,9,11H2. The number of hydrogen-bond donors (Lipinski definition) is 0. The molecule has 0 aliphatic carbocycles. The van der Waals surface area contributed by atoms with Crippen molar-refractivity contribution in [3.63, 3.8) is 0 Å². The Kier molecular flexibility index (Phi) is 3.21. The summed E-state index contributed by atoms with van der Waals surface area (Å²) in [6.45, 7) is 0.839. The van der Waals surface area contributed by atoms with Gasteiger partial charge in [0.1, 0.15) is 6.10 Å². The van der Waals surface area contributed by atoms with Crippen molar-refractivity contribution < 1.29 is 4.74 Å². The van der Waals surface area contributed by atoms with E-state index < -0.39 is 0 Å². The highest BCUT2D eigenvalue weighted by Crippen LogP contribution is 2.07. The zero-order chi connectivity index (χ0) is 9.64. The molecule has 72 valence electrons. The van der Waals surface area contributed by atoms with Gasteiger partial charge in [-0.1, -0.05) is 36.3 Å². The first kappa shape index (κ1) is 9.30. The normalized spacial score (nSPS) is 18.4. The van der Waals surface area contributed by atoms with Gasteiger partial charge in [0.05, 0.1) is 6.61 Å². The number of rotatable bonds is 3. The first-order valence-corrected chi connectivity index (χ1v) is 5.09. The van der Waals surface area contributed by atoms with Crippen LogP contribution in [0.25, 0.3) is 0 Å². The molecular formula is C13H14O. The van der Waals surface area contributed by atoms with Gasteiger partial charge in [-0.3, -0.25) is 0 Å². The fraction of sp³-hybridized carbons (Fsp3) is 0.385. The van der Waals surface area contributed by atoms with Crippen molar-refractivity contribution >= 4 is 0 Å². The van der Waals surface area contributed by atoms with Crippen LogP contribution in [0.5, 0.6) is 0 Å². The van der Waals surface area contributed by atoms with Crippen molar-refractivity contribution in [1.82, 2.24) is 0 Å². The molecule has 1 aliphatic heterocycles. The molecule has 1 aromatic rings. The lowest BCUT2D eigenvalue weighted by atomic mass is 10.1. The van der Waals surface area contributed by atoms with E-state index in [4.69, 9.17) is 4.74 Å². The molecule has 0 saturated carbocycles. The molecule has 0 amide bonds. The Hall–Kier alpha value is -1.26. The number of ether oxygens (including phenoxy) is 1. The third kappa shape index (κ3) is 3.24. The second kappa shape index (κ2) is 4.83. The Morgan fingerprint density at radius 2 is 2.07 bits per heavy atom. The molecule has 1 aliphatic rings. The quantitative estimate of drug-likeness (QED) is 0.401. The average Bonchev–Trinajstić information content (AvgIpc) is 3.03. The second-order valence-corrected chi connectivity index (χ2v) is 3.48. The van der Waals surface area contributed by atoms with E-state index in [1.807, 2.05) is 6.07 Å². The Balaban J connectivity index is 1.66. The van der Waals surface area contributed by atoms with Gasteiger partial charge in [-0.05, 0) is 18.4 Å². The molecule has 2 rings (SSSR count). The molecule has 1 heterocycles. The molecule has 0 radical (unpaired) electrons. The maximum atomic E-state index is 5.00. The van der Waals surface area contributed by atoms with Gasteiger partial charge in [-0.2, -0.15) is 0 Å². The predicted molar refractivity (Wildman–Crippen MR) is 56.9 cm³/mol. The van der Waals surface area contributed by atoms with Crippen LogP contribution >= 0.6 is 0 Å². The summed E-state index contributed by atoms with van der Waals surface area (Å²) >= 11 is 0. The highest BCUT2D eigenvalue weighted by atomic mass is 16.6. The minimum absolute atomic E-state index is 0.256. The topological polar surface area (TPSA) is 12.5 Å². The lowest BCUT2D eigenvalue weighted by Crippen LogP contribution is -1.83. The molecular weight excluding hydrogens is 172 g/mol. The van der Waals surface area contributed by atoms with Crippen LogP contribution in [0.15, 0.2) is 30.3 Å². The van der Waals surface area contributed by atoms with E-state index in [-0.39, 0.29) is 6.10 Å². The van der Waals surface area contributed by atoms with E-state index in [1.165, 1.54) is 5.56 Å². The van der Waals surface area contributed by atoms with Crippen LogP contribution in [0.4, 0.5) is 0 Å². The summed E-state index contributed by atoms with van der Waals surface area (Å²) in [7, 11) is 0. The molecule has 1 heteroatoms. The number of hydrogen-bond acceptors (Lipinski definition) is 1. The highest BCUT2D eigenvalue weighted by molar-refractivity contribution is 5.15. The van der Waals surface area contributed by atoms with Crippen LogP contribution in [-0.2, 0) is 11.2 Å². The Morgan fingerprint density at radius 1 is 1.29 bits per heavy atom. The molecule has 1 aromatic carbocycles. The summed E-state index contributed by atoms with van der Waals surface area (Å²) < 4.78 is 5.00. The van der Waals surface area contributed by atoms with Crippen molar-refractivity contribution in [3.05, 3.63) is 35.9 Å². The van der Waals surface area contributed by atoms with Gasteiger partial charge in [0, 0.05) is 6.42 Å². The number of aryl methyl sites for hydroxylation is 1. The summed E-state index contributed by atoms with van der Waals surface area (Å²) in [5.74, 6) is 6.21. The monoisotopic (exact) mass is 186 g/mol. The van der Waals surface area contributed by atoms with Gasteiger partial charge in [-0.15, -0.1) is 5.92 Å². The van der Waals surface area contributed by atoms with Crippen LogP contribution in [0, 0.1) is 11.8 Å². The van der Waals surface area contributed by atoms with Gasteiger partial charge >= 0.3 is 0 Å². The van der Waals surface area contributed by atoms with Crippen molar-refractivity contribution in [2.75, 3.05) is 6.61 Å². The Bertz CT molecular complexity index is 327. The number of unbranched alkanes of at least 4 members (excludes halogenated alkanes) is 1. The van der Waals surface area contributed by atoms with Crippen LogP contribution in [0.3, 0.4) is 0 Å². The molecule has 14 heavy (non-hydrogen) atoms. The van der Waals surface area contributed by atoms with E-state index >= 15 is 0 Å². The number of epoxide rings is 1. The highest BCUT2D eigenvalue weighted by Gasteiger charge is 2.18. The van der Waals surface area contributed by atoms with E-state index in [2.05, 4.69) is 36.1 Å². The molecule has 1 unspecified atom stereocenters. The lowest BCUT2D eigenvalue weighted by Gasteiger charge is -1.96. The number of benzene rings is 1. The zero-order valence-corrected chi connectivity index (χ0v) is 8.20. The maximum Gasteiger partial charge on any atom is 0.141 e. The average molecular weight is 186 g/mol. The van der Waals surface area contributed by atoms with Gasteiger partial charge in [0.15, 0.2) is 0 Å². The maximum absolute atomic E-state index is 5.00. The fourth-order valence-electron chi connectivity index (χ4n) is 1.34. The molecule has 1 saturated heterocycles. The van der Waals surface area contributed by atoms with E-state index in [1.54, 1.807) is 0 Å². The SMILES string of the molecule is C(#CC1CO1)CCCc1ccccc1. The fourth-order valence-corrected chi connectivity index (χ4v) is 1.34. The van der Waals surface area contributed by atoms with E-state index in [0.717, 1.165) is 25.9 Å². The Labute approximate surface area is 85.1 Å². The molecule has 0 spiro atoms. The van der Waals surface area contributed by atoms with Crippen molar-refractivity contribution in [2.45, 2.75) is 25.4 Å². The van der Waals surface area contributed by atoms with Gasteiger partial charge in [-0.25, -0.2) is 0 Å². The molecule has 1 fully saturated rings. The molecule has 0 N–H and O–H groups in total. The van der Waals surface area contributed by atoms with Crippen molar-refractivity contribution in [1.29, 1.82) is 0 Å². The first-order chi connectivity index (χ1) is 6.95. The Morgan fingerprint density at radius 3 is 2.79 bits per heavy atom. The van der Waals surface area contributed by atoms with Crippen LogP contribution in [0.1, 0.15) is 18.4 Å². The molecule has 1 nitrogen and oxygen atoms in total. The minimum Gasteiger partial charge on any atom is -0.359 e. The largest absolute Gasteiger partial charge is 0.359 e. The van der Waals surface area contributed by atoms with Crippen LogP contribution < -0.4 is 0 Å². The first-order valence-electron chi connectivity index (χ1n) is 5.09. The predicted octanol–water partition coefficient (Wildman–Crippen LogP) is 2.41. The van der Waals surface area contributed by atoms with Gasteiger partial charge in [0.2, 0.25) is 0 Å². The van der Waals surface area contributed by atoms with Gasteiger partial charge in [0.25, 0.3) is 0 Å². The third-order valence-corrected chi connectivity index (χ3v) is 2.21. The zero-order valence-electron chi connectivity index (χ0n) is 8.20. The molecule has 0 bridgehead atoms. The summed E-state index contributed by atoms with van der Waals surface area (Å²) in [6.07, 6.45) is 3.51. The van der Waals surface area contributed by atoms with Crippen molar-refractivity contribution in [2.24, 2.45) is 0 Å². The summed E-state index contributed by atoms with van der Waals surface area (Å²) in [5, 5.41) is 0. The molecule has 1 atom stereocenters. The van der Waals surface area contributed by atoms with E-state index in [9.17, 15) is 0 Å². The lowest BCUT2D eigenvalue weighted by molar-refractivity contribution is 0.445. The summed E-state index contributed by atoms with van der Waals surface area (Å²) in [5.41, 5.74) is 1.40. The summed E-state index contributed by atoms with van der Waals surface area (Å²) in [6, 6.07) is 10.5. The van der Waals surface area contributed by atoms with Crippen LogP contribution in [-0.4, -0.2) is 12.7 Å². The van der Waals surface area contributed by atoms with Gasteiger partial charge < -0.3 is 4.74 Å². The smallest absolute Gasteiger partial charge is 0.141 e. The summed E-state index contributed by atoms with van der Waals surface area (Å²) in [4.78, 5) is 0. The van der Waals surface area contributed by atoms with Crippen LogP contribution in [0.2, 0.25) is 0 Å². The third-order valence-electron chi connectivity index (χ3n) is 2.21. The van der Waals surface area contributed by atoms with Crippen molar-refractivity contribution in [3.8, 4) is 11.8 Å². The second-order valence-electron chi connectivity index (χ2n) is 3.48.